The summed E-state index contributed by atoms with van der Waals surface area (Å²) in [5.74, 6) is 0.592. The Labute approximate surface area is 83.0 Å². The molecule has 1 fully saturated rings. The molecular formula is C10H17BrO. The van der Waals surface area contributed by atoms with Gasteiger partial charge in [0.05, 0.1) is 5.60 Å². The van der Waals surface area contributed by atoms with Crippen LogP contribution in [0.25, 0.3) is 0 Å². The summed E-state index contributed by atoms with van der Waals surface area (Å²) in [7, 11) is 0. The van der Waals surface area contributed by atoms with Gasteiger partial charge < -0.3 is 5.11 Å². The highest BCUT2D eigenvalue weighted by molar-refractivity contribution is 9.09. The van der Waals surface area contributed by atoms with Crippen LogP contribution in [-0.4, -0.2) is 15.5 Å². The number of alkyl halides is 1. The van der Waals surface area contributed by atoms with Crippen LogP contribution in [0.15, 0.2) is 12.2 Å². The van der Waals surface area contributed by atoms with Crippen LogP contribution >= 0.6 is 15.9 Å². The number of aliphatic hydroxyl groups is 1. The van der Waals surface area contributed by atoms with E-state index in [-0.39, 0.29) is 4.83 Å². The van der Waals surface area contributed by atoms with Gasteiger partial charge >= 0.3 is 0 Å². The zero-order chi connectivity index (χ0) is 9.35. The van der Waals surface area contributed by atoms with Gasteiger partial charge in [-0.15, -0.1) is 0 Å². The van der Waals surface area contributed by atoms with Gasteiger partial charge in [0.25, 0.3) is 0 Å². The molecule has 1 saturated carbocycles. The van der Waals surface area contributed by atoms with Crippen molar-refractivity contribution in [3.63, 3.8) is 0 Å². The highest BCUT2D eigenvalue weighted by Crippen LogP contribution is 2.38. The maximum atomic E-state index is 9.87. The van der Waals surface area contributed by atoms with Gasteiger partial charge in [0.1, 0.15) is 0 Å². The van der Waals surface area contributed by atoms with Crippen LogP contribution in [0.1, 0.15) is 33.1 Å². The quantitative estimate of drug-likeness (QED) is 0.545. The van der Waals surface area contributed by atoms with Crippen LogP contribution < -0.4 is 0 Å². The van der Waals surface area contributed by atoms with E-state index in [0.29, 0.717) is 5.92 Å². The average molecular weight is 233 g/mol. The molecule has 1 N–H and O–H groups in total. The molecule has 70 valence electrons. The molecular weight excluding hydrogens is 216 g/mol. The van der Waals surface area contributed by atoms with E-state index < -0.39 is 5.60 Å². The second-order valence-electron chi connectivity index (χ2n) is 4.14. The number of hydrogen-bond donors (Lipinski definition) is 1. The molecule has 1 aliphatic rings. The minimum atomic E-state index is -0.522. The van der Waals surface area contributed by atoms with Crippen LogP contribution in [0, 0.1) is 5.92 Å². The molecule has 12 heavy (non-hydrogen) atoms. The van der Waals surface area contributed by atoms with E-state index in [9.17, 15) is 5.11 Å². The summed E-state index contributed by atoms with van der Waals surface area (Å²) in [6, 6.07) is 0. The molecule has 1 rings (SSSR count). The first-order valence-corrected chi connectivity index (χ1v) is 5.37. The number of hydrogen-bond acceptors (Lipinski definition) is 1. The van der Waals surface area contributed by atoms with Crippen LogP contribution in [-0.2, 0) is 0 Å². The van der Waals surface area contributed by atoms with E-state index in [1.807, 2.05) is 6.92 Å². The van der Waals surface area contributed by atoms with Gasteiger partial charge in [0.2, 0.25) is 0 Å². The Bertz CT molecular complexity index is 186. The third-order valence-corrected chi connectivity index (χ3v) is 4.22. The molecule has 1 aliphatic carbocycles. The lowest BCUT2D eigenvalue weighted by Gasteiger charge is -2.38. The average Bonchev–Trinajstić information content (AvgIpc) is 1.94. The lowest BCUT2D eigenvalue weighted by atomic mass is 9.77. The second kappa shape index (κ2) is 3.51. The van der Waals surface area contributed by atoms with Crippen molar-refractivity contribution in [3.8, 4) is 0 Å². The van der Waals surface area contributed by atoms with Crippen molar-refractivity contribution in [3.05, 3.63) is 12.2 Å². The molecule has 2 heteroatoms. The summed E-state index contributed by atoms with van der Waals surface area (Å²) in [5, 5.41) is 9.87. The van der Waals surface area contributed by atoms with E-state index >= 15 is 0 Å². The number of allylic oxidation sites excluding steroid dienone is 1. The Balaban J connectivity index is 2.58. The third kappa shape index (κ3) is 2.11. The molecule has 0 spiro atoms. The topological polar surface area (TPSA) is 20.2 Å². The third-order valence-electron chi connectivity index (χ3n) is 2.86. The van der Waals surface area contributed by atoms with Gasteiger partial charge in [-0.05, 0) is 39.0 Å². The molecule has 0 aromatic carbocycles. The molecule has 0 radical (unpaired) electrons. The Morgan fingerprint density at radius 1 is 1.67 bits per heavy atom. The SMILES string of the molecule is C=C(C)[C@@H]1CCC(C)(O)C(Br)C1. The Morgan fingerprint density at radius 2 is 2.25 bits per heavy atom. The van der Waals surface area contributed by atoms with Crippen LogP contribution in [0.4, 0.5) is 0 Å². The van der Waals surface area contributed by atoms with Gasteiger partial charge in [0.15, 0.2) is 0 Å². The van der Waals surface area contributed by atoms with E-state index in [1.165, 1.54) is 5.57 Å². The molecule has 1 nitrogen and oxygen atoms in total. The highest BCUT2D eigenvalue weighted by atomic mass is 79.9. The fourth-order valence-electron chi connectivity index (χ4n) is 1.69. The first-order valence-electron chi connectivity index (χ1n) is 4.45. The fourth-order valence-corrected chi connectivity index (χ4v) is 2.37. The van der Waals surface area contributed by atoms with Crippen LogP contribution in [0.5, 0.6) is 0 Å². The zero-order valence-electron chi connectivity index (χ0n) is 7.81. The smallest absolute Gasteiger partial charge is 0.0744 e. The molecule has 0 amide bonds. The predicted octanol–water partition coefficient (Wildman–Crippen LogP) is 2.88. The minimum absolute atomic E-state index is 0.223. The molecule has 2 unspecified atom stereocenters. The molecule has 0 saturated heterocycles. The van der Waals surface area contributed by atoms with E-state index in [4.69, 9.17) is 0 Å². The maximum absolute atomic E-state index is 9.87. The predicted molar refractivity (Wildman–Crippen MR) is 55.5 cm³/mol. The largest absolute Gasteiger partial charge is 0.389 e. The van der Waals surface area contributed by atoms with Crippen molar-refractivity contribution in [2.75, 3.05) is 0 Å². The number of halogens is 1. The summed E-state index contributed by atoms with van der Waals surface area (Å²) < 4.78 is 0. The highest BCUT2D eigenvalue weighted by Gasteiger charge is 2.36. The van der Waals surface area contributed by atoms with Crippen molar-refractivity contribution < 1.29 is 5.11 Å². The number of rotatable bonds is 1. The molecule has 0 heterocycles. The van der Waals surface area contributed by atoms with Crippen LogP contribution in [0.3, 0.4) is 0 Å². The lowest BCUT2D eigenvalue weighted by Crippen LogP contribution is -2.41. The summed E-state index contributed by atoms with van der Waals surface area (Å²) in [4.78, 5) is 0.223. The molecule has 0 aromatic heterocycles. The summed E-state index contributed by atoms with van der Waals surface area (Å²) in [5.41, 5.74) is 0.723. The van der Waals surface area contributed by atoms with Gasteiger partial charge in [-0.2, -0.15) is 0 Å². The van der Waals surface area contributed by atoms with Gasteiger partial charge in [-0.25, -0.2) is 0 Å². The molecule has 0 aliphatic heterocycles. The van der Waals surface area contributed by atoms with Gasteiger partial charge in [-0.3, -0.25) is 0 Å². The summed E-state index contributed by atoms with van der Waals surface area (Å²) >= 11 is 3.53. The minimum Gasteiger partial charge on any atom is -0.389 e. The van der Waals surface area contributed by atoms with Gasteiger partial charge in [0, 0.05) is 4.83 Å². The van der Waals surface area contributed by atoms with Crippen molar-refractivity contribution >= 4 is 15.9 Å². The van der Waals surface area contributed by atoms with Crippen molar-refractivity contribution in [1.29, 1.82) is 0 Å². The molecule has 0 bridgehead atoms. The van der Waals surface area contributed by atoms with E-state index in [2.05, 4.69) is 29.4 Å². The van der Waals surface area contributed by atoms with Crippen molar-refractivity contribution in [1.82, 2.24) is 0 Å². The van der Waals surface area contributed by atoms with Crippen molar-refractivity contribution in [2.24, 2.45) is 5.92 Å². The van der Waals surface area contributed by atoms with E-state index in [0.717, 1.165) is 19.3 Å². The van der Waals surface area contributed by atoms with Gasteiger partial charge in [-0.1, -0.05) is 28.1 Å². The Hall–Kier alpha value is 0.180. The van der Waals surface area contributed by atoms with Crippen LogP contribution in [0.2, 0.25) is 0 Å². The summed E-state index contributed by atoms with van der Waals surface area (Å²) in [6.07, 6.45) is 2.97. The zero-order valence-corrected chi connectivity index (χ0v) is 9.39. The Kier molecular flexibility index (Phi) is 3.00. The standard InChI is InChI=1S/C10H17BrO/c1-7(2)8-4-5-10(3,12)9(11)6-8/h8-9,12H,1,4-6H2,2-3H3/t8-,9?,10?/m1/s1. The monoisotopic (exact) mass is 232 g/mol. The second-order valence-corrected chi connectivity index (χ2v) is 5.25. The molecule has 0 aromatic rings. The van der Waals surface area contributed by atoms with Crippen molar-refractivity contribution in [2.45, 2.75) is 43.5 Å². The lowest BCUT2D eigenvalue weighted by molar-refractivity contribution is 0.0215. The van der Waals surface area contributed by atoms with E-state index in [1.54, 1.807) is 0 Å². The first kappa shape index (κ1) is 10.3. The first-order chi connectivity index (χ1) is 5.43. The normalized spacial score (nSPS) is 42.7. The fraction of sp³-hybridized carbons (Fsp3) is 0.800. The summed E-state index contributed by atoms with van der Waals surface area (Å²) in [6.45, 7) is 7.94. The molecule has 3 atom stereocenters. The Morgan fingerprint density at radius 3 is 2.67 bits per heavy atom. The maximum Gasteiger partial charge on any atom is 0.0744 e.